The molecule has 0 spiro atoms. The molecule has 2 saturated carbocycles. The Bertz CT molecular complexity index is 2030. The fourth-order valence-corrected chi connectivity index (χ4v) is 8.90. The molecule has 1 aromatic carbocycles. The maximum Gasteiger partial charge on any atom is 0.327 e. The fraction of sp³-hybridized carbons (Fsp3) is 0.500. The Kier molecular flexibility index (Phi) is 12.9. The van der Waals surface area contributed by atoms with Gasteiger partial charge in [-0.15, -0.1) is 0 Å². The SMILES string of the molecule is O=C(CN=C1C=C(N2C(=O)C3=C(CCCC3)C2=O)C(F)C=C1Cl)OC1CCCC1.O=C(CNc1cc(N2C(=O)C3=C(CCCC3)C2=O)c(F)cc1Cl)OC1CCCC1. The van der Waals surface area contributed by atoms with Crippen LogP contribution in [-0.2, 0) is 38.2 Å². The first kappa shape index (κ1) is 41.5. The molecule has 7 aliphatic rings. The number of hydrogen-bond acceptors (Lipinski definition) is 10. The summed E-state index contributed by atoms with van der Waals surface area (Å²) < 4.78 is 40.0. The lowest BCUT2D eigenvalue weighted by Gasteiger charge is -2.24. The van der Waals surface area contributed by atoms with Gasteiger partial charge in [0.25, 0.3) is 23.6 Å². The van der Waals surface area contributed by atoms with E-state index in [0.717, 1.165) is 99.0 Å². The second-order valence-electron chi connectivity index (χ2n) is 15.3. The Labute approximate surface area is 344 Å². The third-order valence-corrected chi connectivity index (χ3v) is 12.1. The van der Waals surface area contributed by atoms with Gasteiger partial charge in [-0.3, -0.25) is 33.8 Å². The van der Waals surface area contributed by atoms with E-state index in [4.69, 9.17) is 32.7 Å². The molecule has 2 aliphatic heterocycles. The normalized spacial score (nSPS) is 23.2. The van der Waals surface area contributed by atoms with Crippen LogP contribution in [0.2, 0.25) is 5.02 Å². The summed E-state index contributed by atoms with van der Waals surface area (Å²) >= 11 is 12.2. The number of alkyl halides is 1. The zero-order valence-electron chi connectivity index (χ0n) is 31.9. The lowest BCUT2D eigenvalue weighted by atomic mass is 9.93. The van der Waals surface area contributed by atoms with E-state index in [-0.39, 0.29) is 58.1 Å². The van der Waals surface area contributed by atoms with Crippen molar-refractivity contribution < 1.29 is 47.0 Å². The molecule has 0 aromatic heterocycles. The highest BCUT2D eigenvalue weighted by Gasteiger charge is 2.44. The maximum absolute atomic E-state index is 14.7. The van der Waals surface area contributed by atoms with Gasteiger partial charge in [0.2, 0.25) is 0 Å². The van der Waals surface area contributed by atoms with E-state index in [2.05, 4.69) is 10.3 Å². The Morgan fingerprint density at radius 2 is 1.21 bits per heavy atom. The van der Waals surface area contributed by atoms with E-state index in [0.29, 0.717) is 48.0 Å². The Morgan fingerprint density at radius 1 is 0.724 bits per heavy atom. The van der Waals surface area contributed by atoms with Gasteiger partial charge in [-0.1, -0.05) is 23.2 Å². The van der Waals surface area contributed by atoms with Crippen LogP contribution in [0.4, 0.5) is 20.2 Å². The van der Waals surface area contributed by atoms with Crippen molar-refractivity contribution in [1.82, 2.24) is 4.90 Å². The predicted molar refractivity (Wildman–Crippen MR) is 211 cm³/mol. The molecule has 5 aliphatic carbocycles. The standard InChI is InChI=1S/2C21H22ClFN2O4/c2*22-15-9-16(23)18(25-20(27)13-7-3-4-8-14(13)21(25)28)10-17(15)24-11-19(26)29-12-5-1-2-6-12/h9-10,12,24H,1-8,11H2;9-10,12,16H,1-8,11H2. The summed E-state index contributed by atoms with van der Waals surface area (Å²) in [6.45, 7) is -0.398. The molecule has 2 fully saturated rings. The van der Waals surface area contributed by atoms with Crippen LogP contribution in [0.5, 0.6) is 0 Å². The zero-order chi connectivity index (χ0) is 41.1. The van der Waals surface area contributed by atoms with E-state index < -0.39 is 47.6 Å². The second kappa shape index (κ2) is 18.1. The smallest absolute Gasteiger partial charge is 0.327 e. The number of anilines is 2. The number of amides is 4. The minimum atomic E-state index is -1.71. The number of aliphatic imine (C=N–C) groups is 1. The average Bonchev–Trinajstić information content (AvgIpc) is 4.01. The van der Waals surface area contributed by atoms with E-state index >= 15 is 0 Å². The van der Waals surface area contributed by atoms with Gasteiger partial charge in [0.15, 0.2) is 6.17 Å². The highest BCUT2D eigenvalue weighted by atomic mass is 35.5. The highest BCUT2D eigenvalue weighted by molar-refractivity contribution is 6.46. The monoisotopic (exact) mass is 840 g/mol. The van der Waals surface area contributed by atoms with Crippen molar-refractivity contribution in [1.29, 1.82) is 0 Å². The minimum Gasteiger partial charge on any atom is -0.461 e. The van der Waals surface area contributed by atoms with Gasteiger partial charge < -0.3 is 14.8 Å². The number of rotatable bonds is 9. The van der Waals surface area contributed by atoms with Crippen LogP contribution in [0.1, 0.15) is 103 Å². The molecule has 8 rings (SSSR count). The molecule has 16 heteroatoms. The third-order valence-electron chi connectivity index (χ3n) is 11.4. The number of nitrogens with zero attached hydrogens (tertiary/aromatic N) is 3. The molecule has 1 aromatic rings. The molecule has 0 radical (unpaired) electrons. The molecule has 1 atom stereocenters. The molecule has 308 valence electrons. The number of esters is 2. The van der Waals surface area contributed by atoms with Crippen molar-refractivity contribution >= 4 is 75.9 Å². The summed E-state index contributed by atoms with van der Waals surface area (Å²) in [5.41, 5.74) is 2.06. The van der Waals surface area contributed by atoms with Gasteiger partial charge in [-0.25, -0.2) is 18.6 Å². The quantitative estimate of drug-likeness (QED) is 0.196. The first-order valence-corrected chi connectivity index (χ1v) is 20.8. The number of carbonyl (C=O) groups is 6. The minimum absolute atomic E-state index is 0.0340. The van der Waals surface area contributed by atoms with Crippen LogP contribution in [0, 0.1) is 5.82 Å². The van der Waals surface area contributed by atoms with Crippen LogP contribution in [0.3, 0.4) is 0 Å². The first-order chi connectivity index (χ1) is 27.9. The van der Waals surface area contributed by atoms with Crippen LogP contribution >= 0.6 is 23.2 Å². The van der Waals surface area contributed by atoms with Crippen molar-refractivity contribution in [2.45, 2.75) is 121 Å². The van der Waals surface area contributed by atoms with Gasteiger partial charge in [0, 0.05) is 22.3 Å². The second-order valence-corrected chi connectivity index (χ2v) is 16.2. The molecule has 2 heterocycles. The predicted octanol–water partition coefficient (Wildman–Crippen LogP) is 7.63. The molecule has 0 bridgehead atoms. The number of carbonyl (C=O) groups excluding carboxylic acids is 6. The molecule has 0 saturated heterocycles. The number of allylic oxidation sites excluding steroid dienone is 3. The topological polar surface area (TPSA) is 152 Å². The Morgan fingerprint density at radius 3 is 1.72 bits per heavy atom. The lowest BCUT2D eigenvalue weighted by molar-refractivity contribution is -0.147. The number of halogens is 4. The van der Waals surface area contributed by atoms with Gasteiger partial charge in [0.05, 0.1) is 32.8 Å². The van der Waals surface area contributed by atoms with Crippen LogP contribution in [0.15, 0.2) is 62.3 Å². The Hall–Kier alpha value is -4.69. The van der Waals surface area contributed by atoms with E-state index in [9.17, 15) is 37.5 Å². The van der Waals surface area contributed by atoms with Crippen molar-refractivity contribution in [2.75, 3.05) is 23.3 Å². The highest BCUT2D eigenvalue weighted by Crippen LogP contribution is 2.40. The van der Waals surface area contributed by atoms with E-state index in [1.54, 1.807) is 0 Å². The largest absolute Gasteiger partial charge is 0.461 e. The molecular formula is C42H44Cl2F2N4O8. The van der Waals surface area contributed by atoms with E-state index in [1.807, 2.05) is 0 Å². The van der Waals surface area contributed by atoms with Gasteiger partial charge >= 0.3 is 11.9 Å². The first-order valence-electron chi connectivity index (χ1n) is 20.0. The lowest BCUT2D eigenvalue weighted by Crippen LogP contribution is -2.36. The summed E-state index contributed by atoms with van der Waals surface area (Å²) in [5.74, 6) is -3.55. The number of hydrogen-bond donors (Lipinski definition) is 1. The molecule has 1 N–H and O–H groups in total. The van der Waals surface area contributed by atoms with Gasteiger partial charge in [-0.05, 0) is 127 Å². The summed E-state index contributed by atoms with van der Waals surface area (Å²) in [6, 6.07) is 2.34. The average molecular weight is 842 g/mol. The molecule has 58 heavy (non-hydrogen) atoms. The van der Waals surface area contributed by atoms with Crippen molar-refractivity contribution in [2.24, 2.45) is 4.99 Å². The third kappa shape index (κ3) is 8.83. The summed E-state index contributed by atoms with van der Waals surface area (Å²) in [6.07, 6.45) is 13.6. The maximum atomic E-state index is 14.7. The summed E-state index contributed by atoms with van der Waals surface area (Å²) in [7, 11) is 0. The summed E-state index contributed by atoms with van der Waals surface area (Å²) in [5, 5.41) is 2.92. The van der Waals surface area contributed by atoms with Crippen LogP contribution < -0.4 is 10.2 Å². The van der Waals surface area contributed by atoms with Crippen molar-refractivity contribution in [3.63, 3.8) is 0 Å². The molecule has 4 amide bonds. The van der Waals surface area contributed by atoms with Crippen molar-refractivity contribution in [3.8, 4) is 0 Å². The Balaban J connectivity index is 0.000000177. The van der Waals surface area contributed by atoms with Gasteiger partial charge in [0.1, 0.15) is 31.1 Å². The van der Waals surface area contributed by atoms with Crippen LogP contribution in [0.25, 0.3) is 0 Å². The fourth-order valence-electron chi connectivity index (χ4n) is 8.45. The number of ether oxygens (including phenoxy) is 2. The molecular weight excluding hydrogens is 797 g/mol. The van der Waals surface area contributed by atoms with Gasteiger partial charge in [-0.2, -0.15) is 0 Å². The summed E-state index contributed by atoms with van der Waals surface area (Å²) in [4.78, 5) is 80.8. The number of imide groups is 2. The molecule has 1 unspecified atom stereocenters. The van der Waals surface area contributed by atoms with Crippen LogP contribution in [-0.4, -0.2) is 77.6 Å². The van der Waals surface area contributed by atoms with Crippen molar-refractivity contribution in [3.05, 3.63) is 68.1 Å². The zero-order valence-corrected chi connectivity index (χ0v) is 33.4. The number of benzene rings is 1. The molecule has 12 nitrogen and oxygen atoms in total. The van der Waals surface area contributed by atoms with E-state index in [1.165, 1.54) is 12.1 Å². The number of nitrogens with one attached hydrogen (secondary N) is 1.